The van der Waals surface area contributed by atoms with E-state index in [2.05, 4.69) is 0 Å². The lowest BCUT2D eigenvalue weighted by Crippen LogP contribution is -1.76. The number of rotatable bonds is 0. The van der Waals surface area contributed by atoms with Gasteiger partial charge < -0.3 is 5.11 Å². The van der Waals surface area contributed by atoms with Gasteiger partial charge in [-0.05, 0) is 0 Å². The summed E-state index contributed by atoms with van der Waals surface area (Å²) in [6, 6.07) is 0. The quantitative estimate of drug-likeness (QED) is 0.427. The summed E-state index contributed by atoms with van der Waals surface area (Å²) in [5.41, 5.74) is 0. The second-order valence-electron chi connectivity index (χ2n) is 0.495. The molecule has 0 aliphatic heterocycles. The van der Waals surface area contributed by atoms with Crippen molar-refractivity contribution in [2.45, 2.75) is 0 Å². The standard InChI is InChI=1S/CH4O.2BF3/c1-2;2*2-1(3)4/h2H,1H3;;. The van der Waals surface area contributed by atoms with Gasteiger partial charge in [0.05, 0.1) is 0 Å². The highest BCUT2D eigenvalue weighted by molar-refractivity contribution is 6.33. The van der Waals surface area contributed by atoms with Crippen LogP contribution in [0.2, 0.25) is 0 Å². The molecule has 0 aromatic heterocycles. The van der Waals surface area contributed by atoms with Gasteiger partial charge in [0.25, 0.3) is 0 Å². The molecule has 9 heteroatoms. The van der Waals surface area contributed by atoms with E-state index in [1.54, 1.807) is 0 Å². The minimum atomic E-state index is -3.67. The monoisotopic (exact) mass is 168 g/mol. The lowest BCUT2D eigenvalue weighted by atomic mass is 10.5. The molecular weight excluding hydrogens is 164 g/mol. The van der Waals surface area contributed by atoms with Crippen LogP contribution in [0.1, 0.15) is 0 Å². The molecular formula is CH4B2F6O. The fourth-order valence-corrected chi connectivity index (χ4v) is 0. The molecule has 0 unspecified atom stereocenters. The van der Waals surface area contributed by atoms with Crippen LogP contribution in [0.5, 0.6) is 0 Å². The van der Waals surface area contributed by atoms with Gasteiger partial charge in [0.15, 0.2) is 0 Å². The fraction of sp³-hybridized carbons (Fsp3) is 1.00. The first-order valence-electron chi connectivity index (χ1n) is 1.76. The van der Waals surface area contributed by atoms with E-state index in [0.29, 0.717) is 0 Å². The molecule has 0 fully saturated rings. The smallest absolute Gasteiger partial charge is 0.400 e. The van der Waals surface area contributed by atoms with Crippen LogP contribution in [0.3, 0.4) is 0 Å². The molecule has 0 saturated carbocycles. The van der Waals surface area contributed by atoms with Gasteiger partial charge in [-0.1, -0.05) is 0 Å². The van der Waals surface area contributed by atoms with E-state index in [-0.39, 0.29) is 0 Å². The number of halogens is 6. The Morgan fingerprint density at radius 2 is 0.700 bits per heavy atom. The van der Waals surface area contributed by atoms with E-state index in [0.717, 1.165) is 7.11 Å². The lowest BCUT2D eigenvalue weighted by molar-refractivity contribution is 0.399. The van der Waals surface area contributed by atoms with Crippen molar-refractivity contribution in [2.24, 2.45) is 0 Å². The maximum atomic E-state index is 9.67. The minimum Gasteiger partial charge on any atom is -0.400 e. The number of aliphatic hydroxyl groups excluding tert-OH is 1. The zero-order valence-corrected chi connectivity index (χ0v) is 4.87. The predicted molar refractivity (Wildman–Crippen MR) is 26.3 cm³/mol. The van der Waals surface area contributed by atoms with Crippen molar-refractivity contribution in [2.75, 3.05) is 7.11 Å². The van der Waals surface area contributed by atoms with E-state index in [4.69, 9.17) is 5.11 Å². The Kier molecular flexibility index (Phi) is 25.9. The third-order valence-corrected chi connectivity index (χ3v) is 0. The van der Waals surface area contributed by atoms with Gasteiger partial charge in [-0.25, -0.2) is 0 Å². The van der Waals surface area contributed by atoms with Crippen LogP contribution in [-0.4, -0.2) is 27.3 Å². The van der Waals surface area contributed by atoms with Crippen LogP contribution in [-0.2, 0) is 0 Å². The molecule has 0 aliphatic rings. The van der Waals surface area contributed by atoms with Crippen LogP contribution in [0.15, 0.2) is 0 Å². The van der Waals surface area contributed by atoms with Crippen molar-refractivity contribution in [1.29, 1.82) is 0 Å². The van der Waals surface area contributed by atoms with E-state index in [9.17, 15) is 25.9 Å². The van der Waals surface area contributed by atoms with Gasteiger partial charge >= 0.3 is 15.1 Å². The zero-order chi connectivity index (χ0) is 9.15. The first-order valence-corrected chi connectivity index (χ1v) is 1.76. The molecule has 62 valence electrons. The van der Waals surface area contributed by atoms with Gasteiger partial charge in [-0.3, -0.25) is 25.9 Å². The molecule has 10 heavy (non-hydrogen) atoms. The van der Waals surface area contributed by atoms with Crippen LogP contribution >= 0.6 is 0 Å². The Morgan fingerprint density at radius 1 is 0.700 bits per heavy atom. The molecule has 0 aromatic rings. The first kappa shape index (κ1) is 16.3. The highest BCUT2D eigenvalue weighted by Crippen LogP contribution is 1.80. The van der Waals surface area contributed by atoms with Crippen molar-refractivity contribution in [3.05, 3.63) is 0 Å². The normalized spacial score (nSPS) is 6.00. The number of hydrogen-bond acceptors (Lipinski definition) is 1. The summed E-state index contributed by atoms with van der Waals surface area (Å²) in [5, 5.41) is 7.00. The van der Waals surface area contributed by atoms with Crippen LogP contribution < -0.4 is 0 Å². The summed E-state index contributed by atoms with van der Waals surface area (Å²) < 4.78 is 58.0. The Labute approximate surface area is 54.5 Å². The van der Waals surface area contributed by atoms with Crippen molar-refractivity contribution in [1.82, 2.24) is 0 Å². The summed E-state index contributed by atoms with van der Waals surface area (Å²) in [6.45, 7) is 0. The fourth-order valence-electron chi connectivity index (χ4n) is 0. The second-order valence-corrected chi connectivity index (χ2v) is 0.495. The molecule has 0 saturated heterocycles. The third kappa shape index (κ3) is 3130. The highest BCUT2D eigenvalue weighted by atomic mass is 19.4. The topological polar surface area (TPSA) is 20.2 Å². The van der Waals surface area contributed by atoms with E-state index in [1.807, 2.05) is 0 Å². The lowest BCUT2D eigenvalue weighted by Gasteiger charge is -1.55. The van der Waals surface area contributed by atoms with E-state index in [1.165, 1.54) is 0 Å². The van der Waals surface area contributed by atoms with Gasteiger partial charge in [-0.15, -0.1) is 0 Å². The Bertz CT molecular complexity index is 31.2. The first-order chi connectivity index (χ1) is 4.46. The second kappa shape index (κ2) is 15.9. The molecule has 0 bridgehead atoms. The molecule has 0 radical (unpaired) electrons. The zero-order valence-electron chi connectivity index (χ0n) is 4.87. The van der Waals surface area contributed by atoms with Crippen molar-refractivity contribution in [3.8, 4) is 0 Å². The van der Waals surface area contributed by atoms with Gasteiger partial charge in [0.1, 0.15) is 0 Å². The molecule has 1 N–H and O–H groups in total. The van der Waals surface area contributed by atoms with Crippen LogP contribution in [0.25, 0.3) is 0 Å². The van der Waals surface area contributed by atoms with E-state index < -0.39 is 15.1 Å². The largest absolute Gasteiger partial charge is 0.762 e. The summed E-state index contributed by atoms with van der Waals surface area (Å²) in [4.78, 5) is 0. The Morgan fingerprint density at radius 3 is 0.700 bits per heavy atom. The average molecular weight is 168 g/mol. The summed E-state index contributed by atoms with van der Waals surface area (Å²) in [7, 11) is -6.33. The average Bonchev–Trinajstić information content (AvgIpc) is 1.66. The number of aliphatic hydroxyl groups is 1. The molecule has 0 amide bonds. The number of hydrogen-bond donors (Lipinski definition) is 1. The van der Waals surface area contributed by atoms with Gasteiger partial charge in [0.2, 0.25) is 0 Å². The van der Waals surface area contributed by atoms with Gasteiger partial charge in [0, 0.05) is 7.11 Å². The summed E-state index contributed by atoms with van der Waals surface area (Å²) in [5.74, 6) is 0. The van der Waals surface area contributed by atoms with Crippen LogP contribution in [0.4, 0.5) is 25.9 Å². The highest BCUT2D eigenvalue weighted by Gasteiger charge is 2.06. The SMILES string of the molecule is CO.FB(F)F.FB(F)F. The molecule has 1 nitrogen and oxygen atoms in total. The Balaban J connectivity index is -0.0000000787. The Hall–Kier alpha value is -0.330. The minimum absolute atomic E-state index is 1.00. The van der Waals surface area contributed by atoms with E-state index >= 15 is 0 Å². The molecule has 0 atom stereocenters. The molecule has 0 spiro atoms. The maximum Gasteiger partial charge on any atom is 0.762 e. The summed E-state index contributed by atoms with van der Waals surface area (Å²) in [6.07, 6.45) is 0. The van der Waals surface area contributed by atoms with Crippen molar-refractivity contribution in [3.63, 3.8) is 0 Å². The molecule has 0 rings (SSSR count). The van der Waals surface area contributed by atoms with Crippen molar-refractivity contribution >= 4 is 15.1 Å². The predicted octanol–water partition coefficient (Wildman–Crippen LogP) is 1.37. The summed E-state index contributed by atoms with van der Waals surface area (Å²) >= 11 is 0. The van der Waals surface area contributed by atoms with Crippen LogP contribution in [0, 0.1) is 0 Å². The third-order valence-electron chi connectivity index (χ3n) is 0. The maximum absolute atomic E-state index is 9.67. The van der Waals surface area contributed by atoms with Crippen molar-refractivity contribution < 1.29 is 31.0 Å². The van der Waals surface area contributed by atoms with Gasteiger partial charge in [-0.2, -0.15) is 0 Å². The molecule has 0 aliphatic carbocycles. The molecule has 0 heterocycles. The molecule has 0 aromatic carbocycles.